The molecule has 1 N–H and O–H groups in total. The van der Waals surface area contributed by atoms with E-state index in [0.717, 1.165) is 71.5 Å². The number of nitrogens with one attached hydrogen (secondary N) is 1. The molecule has 4 aromatic rings. The molecule has 0 heterocycles. The van der Waals surface area contributed by atoms with Crippen LogP contribution in [0, 0.1) is 40.5 Å². The van der Waals surface area contributed by atoms with Gasteiger partial charge in [-0.15, -0.1) is 0 Å². The summed E-state index contributed by atoms with van der Waals surface area (Å²) < 4.78 is 0. The average molecular weight is 839 g/mol. The standard InChI is InChI=1S/C11H15NO.C10H12O.2C8H10.CH3N3.4CH3NO2/c1-2-8-12-11(13)9-10-6-4-3-5-7-10;1-2-6-10(11)9-7-4-3-5-8-9;2*1-2-8-6-4-3-5-7-8;1-3-4-2;4*1-2(3)4/h3-7H,2,8-9H2,1H3,(H,12,13);3-5,7-8H,2,6H2,1H3;2*3-7H,2H2,1H3;5*1H3. The van der Waals surface area contributed by atoms with Gasteiger partial charge in [-0.25, -0.2) is 0 Å². The molecule has 18 nitrogen and oxygen atoms in total. The number of benzene rings is 4. The third kappa shape index (κ3) is 62.9. The molecule has 0 atom stereocenters. The molecule has 0 aliphatic heterocycles. The summed E-state index contributed by atoms with van der Waals surface area (Å²) in [5, 5.41) is 41.0. The van der Waals surface area contributed by atoms with Crippen LogP contribution >= 0.6 is 0 Å². The van der Waals surface area contributed by atoms with E-state index in [1.807, 2.05) is 86.6 Å². The molecule has 4 rings (SSSR count). The molecule has 0 unspecified atom stereocenters. The molecule has 4 aromatic carbocycles. The van der Waals surface area contributed by atoms with Crippen molar-refractivity contribution in [2.75, 3.05) is 41.8 Å². The molecule has 0 fully saturated rings. The molecule has 0 radical (unpaired) electrons. The molecular weight excluding hydrogens is 777 g/mol. The Morgan fingerprint density at radius 2 is 0.850 bits per heavy atom. The number of hydrogen-bond donors (Lipinski definition) is 1. The third-order valence-electron chi connectivity index (χ3n) is 5.94. The summed E-state index contributed by atoms with van der Waals surface area (Å²) in [4.78, 5) is 58.1. The molecule has 0 aliphatic rings. The Balaban J connectivity index is -0.000000197. The molecule has 1 amide bonds. The van der Waals surface area contributed by atoms with Crippen LogP contribution in [0.25, 0.3) is 10.4 Å². The van der Waals surface area contributed by atoms with Crippen molar-refractivity contribution < 1.29 is 29.3 Å². The van der Waals surface area contributed by atoms with Gasteiger partial charge in [0.1, 0.15) is 0 Å². The Hall–Kier alpha value is -7.07. The number of amides is 1. The van der Waals surface area contributed by atoms with Crippen LogP contribution in [0.1, 0.15) is 74.0 Å². The van der Waals surface area contributed by atoms with Gasteiger partial charge in [0.2, 0.25) is 5.91 Å². The lowest BCUT2D eigenvalue weighted by atomic mass is 10.1. The Morgan fingerprint density at radius 3 is 1.08 bits per heavy atom. The number of rotatable bonds is 9. The van der Waals surface area contributed by atoms with Crippen molar-refractivity contribution in [3.05, 3.63) is 194 Å². The van der Waals surface area contributed by atoms with Gasteiger partial charge in [-0.1, -0.05) is 154 Å². The largest absolute Gasteiger partial charge is 0.356 e. The van der Waals surface area contributed by atoms with E-state index in [1.54, 1.807) is 0 Å². The highest BCUT2D eigenvalue weighted by atomic mass is 16.6. The minimum atomic E-state index is -0.500. The molecular formula is C42H62N8O10. The zero-order valence-corrected chi connectivity index (χ0v) is 36.2. The summed E-state index contributed by atoms with van der Waals surface area (Å²) in [6.45, 7) is 9.15. The van der Waals surface area contributed by atoms with Crippen molar-refractivity contribution in [3.63, 3.8) is 0 Å². The predicted octanol–water partition coefficient (Wildman–Crippen LogP) is 9.42. The van der Waals surface area contributed by atoms with Crippen LogP contribution in [0.2, 0.25) is 0 Å². The van der Waals surface area contributed by atoms with Crippen LogP contribution in [0.3, 0.4) is 0 Å². The van der Waals surface area contributed by atoms with E-state index >= 15 is 0 Å². The number of nitrogens with zero attached hydrogens (tertiary/aromatic N) is 7. The van der Waals surface area contributed by atoms with E-state index in [2.05, 4.69) is 77.7 Å². The van der Waals surface area contributed by atoms with Crippen molar-refractivity contribution in [1.29, 1.82) is 0 Å². The normalized spacial score (nSPS) is 8.22. The van der Waals surface area contributed by atoms with Crippen molar-refractivity contribution in [2.45, 2.75) is 66.2 Å². The van der Waals surface area contributed by atoms with E-state index in [0.29, 0.717) is 12.8 Å². The van der Waals surface area contributed by atoms with E-state index in [-0.39, 0.29) is 11.7 Å². The van der Waals surface area contributed by atoms with Crippen molar-refractivity contribution >= 4 is 11.7 Å². The Kier molecular flexibility index (Phi) is 49.8. The Labute approximate surface area is 353 Å². The van der Waals surface area contributed by atoms with Gasteiger partial charge in [0.05, 0.1) is 6.42 Å². The highest BCUT2D eigenvalue weighted by Gasteiger charge is 2.01. The fourth-order valence-electron chi connectivity index (χ4n) is 3.53. The molecule has 60 heavy (non-hydrogen) atoms. The summed E-state index contributed by atoms with van der Waals surface area (Å²) in [7, 11) is 4.94. The van der Waals surface area contributed by atoms with E-state index < -0.39 is 19.7 Å². The maximum Gasteiger partial charge on any atom is 0.224 e. The lowest BCUT2D eigenvalue weighted by molar-refractivity contribution is -0.445. The van der Waals surface area contributed by atoms with Gasteiger partial charge in [-0.2, -0.15) is 0 Å². The average Bonchev–Trinajstić information content (AvgIpc) is 3.21. The maximum absolute atomic E-state index is 11.3. The van der Waals surface area contributed by atoms with Crippen LogP contribution in [-0.2, 0) is 24.1 Å². The smallest absolute Gasteiger partial charge is 0.224 e. The van der Waals surface area contributed by atoms with Gasteiger partial charge < -0.3 is 5.32 Å². The molecule has 0 spiro atoms. The number of ketones is 1. The van der Waals surface area contributed by atoms with Gasteiger partial charge in [0.25, 0.3) is 0 Å². The van der Waals surface area contributed by atoms with E-state index in [1.165, 1.54) is 18.2 Å². The van der Waals surface area contributed by atoms with Crippen LogP contribution in [0.4, 0.5) is 0 Å². The van der Waals surface area contributed by atoms with Crippen LogP contribution in [0.5, 0.6) is 0 Å². The Morgan fingerprint density at radius 1 is 0.567 bits per heavy atom. The summed E-state index contributed by atoms with van der Waals surface area (Å²) in [6.07, 6.45) is 5.33. The summed E-state index contributed by atoms with van der Waals surface area (Å²) in [6, 6.07) is 40.1. The van der Waals surface area contributed by atoms with Gasteiger partial charge in [0.15, 0.2) is 34.0 Å². The second-order valence-corrected chi connectivity index (χ2v) is 11.3. The number of nitro groups is 4. The second kappa shape index (κ2) is 48.1. The summed E-state index contributed by atoms with van der Waals surface area (Å²) in [5.74, 6) is 0.348. The van der Waals surface area contributed by atoms with Gasteiger partial charge >= 0.3 is 0 Å². The van der Waals surface area contributed by atoms with Crippen LogP contribution < -0.4 is 5.32 Å². The van der Waals surface area contributed by atoms with E-state index in [4.69, 9.17) is 46.0 Å². The molecule has 0 bridgehead atoms. The number of azide groups is 1. The number of carbonyl (C=O) groups is 2. The number of aryl methyl sites for hydroxylation is 2. The lowest BCUT2D eigenvalue weighted by Crippen LogP contribution is -2.25. The third-order valence-corrected chi connectivity index (χ3v) is 5.94. The molecule has 0 aromatic heterocycles. The fraction of sp³-hybridized carbons (Fsp3) is 0.381. The molecule has 0 aliphatic carbocycles. The highest BCUT2D eigenvalue weighted by molar-refractivity contribution is 5.95. The van der Waals surface area contributed by atoms with Crippen LogP contribution in [-0.4, -0.2) is 73.2 Å². The minimum absolute atomic E-state index is 0.105. The van der Waals surface area contributed by atoms with Crippen LogP contribution in [0.15, 0.2) is 126 Å². The first-order valence-corrected chi connectivity index (χ1v) is 18.6. The zero-order valence-electron chi connectivity index (χ0n) is 36.2. The predicted molar refractivity (Wildman–Crippen MR) is 238 cm³/mol. The molecule has 18 heteroatoms. The van der Waals surface area contributed by atoms with Gasteiger partial charge in [-0.05, 0) is 47.9 Å². The summed E-state index contributed by atoms with van der Waals surface area (Å²) in [5.41, 5.74) is 12.0. The first-order valence-electron chi connectivity index (χ1n) is 18.6. The monoisotopic (exact) mass is 838 g/mol. The van der Waals surface area contributed by atoms with Crippen molar-refractivity contribution in [3.8, 4) is 0 Å². The lowest BCUT2D eigenvalue weighted by Gasteiger charge is -2.02. The number of carbonyl (C=O) groups excluding carboxylic acids is 2. The van der Waals surface area contributed by atoms with Crippen molar-refractivity contribution in [1.82, 2.24) is 5.32 Å². The highest BCUT2D eigenvalue weighted by Crippen LogP contribution is 2.04. The summed E-state index contributed by atoms with van der Waals surface area (Å²) >= 11 is 0. The number of hydrogen-bond acceptors (Lipinski definition) is 11. The van der Waals surface area contributed by atoms with Crippen molar-refractivity contribution in [2.24, 2.45) is 5.11 Å². The van der Waals surface area contributed by atoms with Gasteiger partial charge in [0, 0.05) is 50.2 Å². The SMILES string of the molecule is CCCC(=O)c1ccccc1.CCCNC(=O)Cc1ccccc1.CCc1ccccc1.CCc1ccccc1.CN=[N+]=[N-].C[N+](=O)[O-].C[N+](=O)[O-].C[N+](=O)[O-].C[N+](=O)[O-]. The van der Waals surface area contributed by atoms with Gasteiger partial charge in [-0.3, -0.25) is 50.0 Å². The quantitative estimate of drug-likeness (QED) is 0.0416. The number of Topliss-reactive ketones (excluding diaryl/α,β-unsaturated/α-hetero) is 1. The maximum atomic E-state index is 11.3. The first kappa shape index (κ1) is 62.1. The topological polar surface area (TPSA) is 267 Å². The molecule has 0 saturated heterocycles. The first-order chi connectivity index (χ1) is 28.4. The Bertz CT molecular complexity index is 1590. The fourth-order valence-corrected chi connectivity index (χ4v) is 3.53. The second-order valence-electron chi connectivity index (χ2n) is 11.3. The molecule has 0 saturated carbocycles. The van der Waals surface area contributed by atoms with E-state index in [9.17, 15) is 9.59 Å². The minimum Gasteiger partial charge on any atom is -0.356 e. The molecule has 330 valence electrons. The zero-order chi connectivity index (χ0) is 47.0.